The summed E-state index contributed by atoms with van der Waals surface area (Å²) in [5.74, 6) is -13.5. The van der Waals surface area contributed by atoms with Crippen LogP contribution in [-0.2, 0) is 82.4 Å². The number of carbonyl (C=O) groups excluding carboxylic acids is 12. The molecule has 21 N–H and O–H groups in total. The van der Waals surface area contributed by atoms with Crippen LogP contribution < -0.4 is 81.4 Å². The van der Waals surface area contributed by atoms with Gasteiger partial charge in [-0.3, -0.25) is 67.3 Å². The number of rotatable bonds is 39. The van der Waals surface area contributed by atoms with Gasteiger partial charge >= 0.3 is 5.97 Å². The maximum atomic E-state index is 14.0. The van der Waals surface area contributed by atoms with Crippen LogP contribution in [0.5, 0.6) is 0 Å². The Bertz CT molecular complexity index is 2250. The minimum atomic E-state index is -1.91. The number of unbranched alkanes of at least 4 members (excludes halogenated alkanes) is 1. The van der Waals surface area contributed by atoms with Crippen LogP contribution in [0.1, 0.15) is 121 Å². The summed E-state index contributed by atoms with van der Waals surface area (Å²) in [6, 6.07) is -11.7. The van der Waals surface area contributed by atoms with Crippen LogP contribution in [-0.4, -0.2) is 185 Å². The molecule has 0 aliphatic rings. The first kappa shape index (κ1) is 78.4. The third-order valence-electron chi connectivity index (χ3n) is 11.8. The van der Waals surface area contributed by atoms with Gasteiger partial charge in [0.25, 0.3) is 0 Å². The van der Waals surface area contributed by atoms with Crippen molar-refractivity contribution in [3.05, 3.63) is 0 Å². The summed E-state index contributed by atoms with van der Waals surface area (Å²) < 4.78 is -1.06. The second-order valence-corrected chi connectivity index (χ2v) is 22.5. The zero-order valence-electron chi connectivity index (χ0n) is 48.9. The summed E-state index contributed by atoms with van der Waals surface area (Å²) in [7, 11) is 0. The van der Waals surface area contributed by atoms with Gasteiger partial charge in [0.15, 0.2) is 5.96 Å². The minimum absolute atomic E-state index is 0. The van der Waals surface area contributed by atoms with E-state index in [1.165, 1.54) is 34.6 Å². The maximum Gasteiger partial charge on any atom is 0.305 e. The van der Waals surface area contributed by atoms with E-state index in [9.17, 15) is 72.5 Å². The molecule has 0 bridgehead atoms. The van der Waals surface area contributed by atoms with Gasteiger partial charge in [0, 0.05) is 26.7 Å². The molecule has 473 valence electrons. The van der Waals surface area contributed by atoms with Crippen molar-refractivity contribution in [2.24, 2.45) is 45.7 Å². The number of thiol groups is 1. The van der Waals surface area contributed by atoms with Crippen molar-refractivity contribution in [2.75, 3.05) is 32.7 Å². The monoisotopic (exact) mass is 1290 g/mol. The number of aliphatic hydroxyl groups is 1. The van der Waals surface area contributed by atoms with E-state index in [1.807, 2.05) is 0 Å². The van der Waals surface area contributed by atoms with Crippen LogP contribution >= 0.6 is 12.6 Å². The van der Waals surface area contributed by atoms with Crippen LogP contribution in [0.3, 0.4) is 0 Å². The van der Waals surface area contributed by atoms with E-state index in [-0.39, 0.29) is 76.5 Å². The van der Waals surface area contributed by atoms with Crippen LogP contribution in [0, 0.1) is 17.8 Å². The van der Waals surface area contributed by atoms with Gasteiger partial charge in [-0.2, -0.15) is 12.6 Å². The van der Waals surface area contributed by atoms with Crippen molar-refractivity contribution < 1.29 is 92.6 Å². The van der Waals surface area contributed by atoms with Crippen LogP contribution in [0.2, 0.25) is 0 Å². The Hall–Kier alpha value is -6.70. The molecule has 12 amide bonds. The summed E-state index contributed by atoms with van der Waals surface area (Å²) in [6.07, 6.45) is -1.42. The van der Waals surface area contributed by atoms with Crippen molar-refractivity contribution in [1.82, 2.24) is 58.5 Å². The molecule has 0 spiro atoms. The standard InChI is InChI=1S/C50H90N16O15S.Tc/c1-24(2)18-31(43(76)61-29(40(52)73)14-11-12-16-51)63-47(80)39(28(8)67)66-45(78)33(20-37(71)72)64-46(79)38(26(5)6)65-44(77)32(19-25(3)4)62-41(74)27(7)59-42(75)30(15-13-17-55-49(53)54)60-36(70)23-57-34(68)21-56-35(69)22-58-48(81)50(9,10)82;/h24-33,38-39,67,82H,11-23,51H2,1-10H3,(H2,52,73)(H,56,69)(H,57,68)(H,58,81)(H,59,75)(H,60,70)(H,61,76)(H,62,74)(H,63,80)(H,64,79)(H,65,77)(H,66,78)(H,71,72)(H4,53,54,55);/t27-,28+,29-,30-,31-,32-,33-,38-,39-;/m0./s1/i;1+1. The third-order valence-corrected chi connectivity index (χ3v) is 12.0. The van der Waals surface area contributed by atoms with Gasteiger partial charge in [-0.25, -0.2) is 0 Å². The second-order valence-electron chi connectivity index (χ2n) is 21.3. The molecule has 31 nitrogen and oxygen atoms in total. The Morgan fingerprint density at radius 1 is 0.518 bits per heavy atom. The smallest absolute Gasteiger partial charge is 0.305 e. The SMILES string of the molecule is CC(C)C[C@H](NC(=O)[C@H](C)NC(=O)[C@H](CCCN=C(N)N)NC(=O)CNC(=O)CNC(=O)CNC(=O)C(C)(C)S)C(=O)N[C@H](C(=O)N[C@@H](CC(=O)O)C(=O)N[C@H](C(=O)N[C@@H](CC(C)C)C(=O)N[C@@H](CCCCN)C(N)=O)[C@@H](C)O)C(C)C.[99Tc]. The molecule has 0 aromatic rings. The van der Waals surface area contributed by atoms with Crippen molar-refractivity contribution in [1.29, 1.82) is 0 Å². The number of nitrogens with zero attached hydrogens (tertiary/aromatic N) is 1. The first-order valence-corrected chi connectivity index (χ1v) is 27.4. The van der Waals surface area contributed by atoms with E-state index in [0.29, 0.717) is 19.4 Å². The van der Waals surface area contributed by atoms with E-state index >= 15 is 0 Å². The van der Waals surface area contributed by atoms with Crippen LogP contribution in [0.4, 0.5) is 0 Å². The number of carbonyl (C=O) groups is 13. The number of hydrogen-bond acceptors (Lipinski definition) is 17. The number of carboxylic acid groups (broad SMARTS) is 1. The van der Waals surface area contributed by atoms with Crippen molar-refractivity contribution in [3.63, 3.8) is 0 Å². The Morgan fingerprint density at radius 2 is 0.952 bits per heavy atom. The van der Waals surface area contributed by atoms with Crippen LogP contribution in [0.25, 0.3) is 0 Å². The summed E-state index contributed by atoms with van der Waals surface area (Å²) in [4.78, 5) is 173. The first-order chi connectivity index (χ1) is 38.0. The first-order valence-electron chi connectivity index (χ1n) is 26.9. The molecule has 0 aromatic heterocycles. The van der Waals surface area contributed by atoms with Crippen LogP contribution in [0.15, 0.2) is 4.99 Å². The summed E-state index contributed by atoms with van der Waals surface area (Å²) >= 11 is 4.11. The van der Waals surface area contributed by atoms with E-state index < -0.39 is 168 Å². The summed E-state index contributed by atoms with van der Waals surface area (Å²) in [5, 5.41) is 46.9. The van der Waals surface area contributed by atoms with Gasteiger partial charge in [-0.05, 0) is 96.9 Å². The van der Waals surface area contributed by atoms with Gasteiger partial charge in [0.1, 0.15) is 48.3 Å². The zero-order chi connectivity index (χ0) is 63.2. The number of amides is 12. The average Bonchev–Trinajstić information content (AvgIpc) is 3.46. The molecule has 0 saturated heterocycles. The number of primary amides is 1. The van der Waals surface area contributed by atoms with E-state index in [2.05, 4.69) is 76.1 Å². The van der Waals surface area contributed by atoms with Gasteiger partial charge in [-0.1, -0.05) is 41.5 Å². The largest absolute Gasteiger partial charge is 0.481 e. The molecule has 1 radical (unpaired) electrons. The molecule has 83 heavy (non-hydrogen) atoms. The molecule has 0 fully saturated rings. The number of hydrogen-bond donors (Lipinski definition) is 18. The number of aliphatic imine (C=N–C) groups is 1. The molecule has 0 unspecified atom stereocenters. The number of nitrogens with two attached hydrogens (primary N) is 4. The molecule has 0 rings (SSSR count). The molecule has 0 saturated carbocycles. The minimum Gasteiger partial charge on any atom is -0.481 e. The fraction of sp³-hybridized carbons (Fsp3) is 0.720. The predicted molar refractivity (Wildman–Crippen MR) is 303 cm³/mol. The molecular weight excluding hydrogens is 1200 g/mol. The molecule has 9 atom stereocenters. The van der Waals surface area contributed by atoms with Gasteiger partial charge in [-0.15, -0.1) is 0 Å². The number of guanidine groups is 1. The summed E-state index contributed by atoms with van der Waals surface area (Å²) in [5.41, 5.74) is 21.9. The van der Waals surface area contributed by atoms with E-state index in [4.69, 9.17) is 22.9 Å². The molecule has 0 aromatic carbocycles. The Labute approximate surface area is 502 Å². The van der Waals surface area contributed by atoms with Crippen molar-refractivity contribution in [3.8, 4) is 0 Å². The summed E-state index contributed by atoms with van der Waals surface area (Å²) in [6.45, 7) is 14.2. The quantitative estimate of drug-likeness (QED) is 0.0118. The maximum absolute atomic E-state index is 14.0. The zero-order valence-corrected chi connectivity index (χ0v) is 51.7. The molecule has 33 heteroatoms. The van der Waals surface area contributed by atoms with Crippen molar-refractivity contribution >= 4 is 95.4 Å². The van der Waals surface area contributed by atoms with E-state index in [1.54, 1.807) is 27.7 Å². The molecule has 0 heterocycles. The Kier molecular flexibility index (Phi) is 37.5. The average molecular weight is 1290 g/mol. The molecule has 0 aliphatic carbocycles. The number of nitrogens with one attached hydrogen (secondary N) is 11. The second kappa shape index (κ2) is 39.7. The van der Waals surface area contributed by atoms with Gasteiger partial charge in [0.2, 0.25) is 70.9 Å². The predicted octanol–water partition coefficient (Wildman–Crippen LogP) is -5.79. The number of aliphatic hydroxyl groups excluding tert-OH is 1. The van der Waals surface area contributed by atoms with E-state index in [0.717, 1.165) is 6.92 Å². The number of carboxylic acids is 1. The topological polar surface area (TPSA) is 511 Å². The Balaban J connectivity index is 0. The fourth-order valence-electron chi connectivity index (χ4n) is 7.36. The van der Waals surface area contributed by atoms with Crippen molar-refractivity contribution in [2.45, 2.75) is 180 Å². The number of aliphatic carboxylic acids is 1. The Morgan fingerprint density at radius 3 is 1.42 bits per heavy atom. The normalized spacial score (nSPS) is 14.4. The molecular formula is C50H90N16O15STc. The molecule has 0 aliphatic heterocycles. The third kappa shape index (κ3) is 33.3. The fourth-order valence-corrected chi connectivity index (χ4v) is 7.44. The van der Waals surface area contributed by atoms with Gasteiger partial charge in [0.05, 0.1) is 36.9 Å². The van der Waals surface area contributed by atoms with Gasteiger partial charge < -0.3 is 91.6 Å².